The number of aliphatic hydroxyl groups excluding tert-OH is 1. The molecule has 126 valence electrons. The minimum Gasteiger partial charge on any atom is -0.389 e. The van der Waals surface area contributed by atoms with Crippen LogP contribution in [0.25, 0.3) is 0 Å². The summed E-state index contributed by atoms with van der Waals surface area (Å²) in [4.78, 5) is 1.95. The molecule has 5 heteroatoms. The van der Waals surface area contributed by atoms with Crippen LogP contribution in [0.3, 0.4) is 0 Å². The van der Waals surface area contributed by atoms with Gasteiger partial charge in [0.2, 0.25) is 0 Å². The van der Waals surface area contributed by atoms with Gasteiger partial charge in [-0.15, -0.1) is 0 Å². The quantitative estimate of drug-likeness (QED) is 0.589. The van der Waals surface area contributed by atoms with Crippen molar-refractivity contribution in [1.82, 2.24) is 10.2 Å². The number of nitrogens with zero attached hydrogens (tertiary/aromatic N) is 1. The molecule has 0 bridgehead atoms. The van der Waals surface area contributed by atoms with Crippen LogP contribution in [0.5, 0.6) is 0 Å². The Bertz CT molecular complexity index is 277. The van der Waals surface area contributed by atoms with Gasteiger partial charge in [0.05, 0.1) is 24.4 Å². The van der Waals surface area contributed by atoms with E-state index in [4.69, 9.17) is 4.74 Å². The zero-order valence-electron chi connectivity index (χ0n) is 14.1. The molecule has 1 fully saturated rings. The van der Waals surface area contributed by atoms with Crippen molar-refractivity contribution < 1.29 is 14.9 Å². The molecule has 5 nitrogen and oxygen atoms in total. The van der Waals surface area contributed by atoms with Gasteiger partial charge in [0.15, 0.2) is 0 Å². The van der Waals surface area contributed by atoms with E-state index in [1.54, 1.807) is 6.92 Å². The molecule has 1 aliphatic carbocycles. The summed E-state index contributed by atoms with van der Waals surface area (Å²) in [6.45, 7) is 5.96. The fourth-order valence-corrected chi connectivity index (χ4v) is 2.95. The van der Waals surface area contributed by atoms with Crippen molar-refractivity contribution in [3.05, 3.63) is 0 Å². The first kappa shape index (κ1) is 18.8. The molecule has 21 heavy (non-hydrogen) atoms. The van der Waals surface area contributed by atoms with Gasteiger partial charge in [0.1, 0.15) is 0 Å². The third kappa shape index (κ3) is 8.73. The minimum absolute atomic E-state index is 0.313. The van der Waals surface area contributed by atoms with Crippen LogP contribution in [0.2, 0.25) is 0 Å². The average molecular weight is 302 g/mol. The maximum Gasteiger partial charge on any atom is 0.0897 e. The molecule has 0 saturated heterocycles. The predicted octanol–water partition coefficient (Wildman–Crippen LogP) is 0.845. The number of hydrogen-bond acceptors (Lipinski definition) is 5. The molecule has 0 heterocycles. The van der Waals surface area contributed by atoms with Crippen LogP contribution >= 0.6 is 0 Å². The van der Waals surface area contributed by atoms with Gasteiger partial charge in [0.25, 0.3) is 0 Å². The lowest BCUT2D eigenvalue weighted by Crippen LogP contribution is -2.47. The average Bonchev–Trinajstić information content (AvgIpc) is 2.36. The second kappa shape index (κ2) is 9.06. The second-order valence-corrected chi connectivity index (χ2v) is 7.23. The van der Waals surface area contributed by atoms with E-state index in [9.17, 15) is 10.2 Å². The van der Waals surface area contributed by atoms with E-state index in [0.29, 0.717) is 32.3 Å². The van der Waals surface area contributed by atoms with Crippen LogP contribution in [-0.4, -0.2) is 73.3 Å². The maximum atomic E-state index is 10.1. The zero-order chi connectivity index (χ0) is 15.9. The molecule has 0 amide bonds. The summed E-state index contributed by atoms with van der Waals surface area (Å²) in [5, 5.41) is 23.2. The van der Waals surface area contributed by atoms with Crippen molar-refractivity contribution in [3.63, 3.8) is 0 Å². The first-order valence-corrected chi connectivity index (χ1v) is 8.16. The Morgan fingerprint density at radius 2 is 1.90 bits per heavy atom. The minimum atomic E-state index is -0.788. The van der Waals surface area contributed by atoms with Gasteiger partial charge in [-0.3, -0.25) is 0 Å². The van der Waals surface area contributed by atoms with Crippen LogP contribution in [-0.2, 0) is 4.74 Å². The molecule has 2 atom stereocenters. The Balaban J connectivity index is 2.09. The molecule has 1 saturated carbocycles. The zero-order valence-corrected chi connectivity index (χ0v) is 14.1. The normalized spacial score (nSPS) is 27.6. The summed E-state index contributed by atoms with van der Waals surface area (Å²) in [6, 6.07) is 0. The van der Waals surface area contributed by atoms with Crippen LogP contribution < -0.4 is 5.32 Å². The van der Waals surface area contributed by atoms with Crippen molar-refractivity contribution in [2.24, 2.45) is 5.92 Å². The van der Waals surface area contributed by atoms with Crippen LogP contribution in [0.4, 0.5) is 0 Å². The molecule has 0 aromatic rings. The first-order chi connectivity index (χ1) is 9.78. The maximum absolute atomic E-state index is 10.1. The summed E-state index contributed by atoms with van der Waals surface area (Å²) in [7, 11) is 3.87. The summed E-state index contributed by atoms with van der Waals surface area (Å²) in [5.74, 6) is 0.815. The number of ether oxygens (including phenoxy) is 1. The highest BCUT2D eigenvalue weighted by Gasteiger charge is 2.22. The summed E-state index contributed by atoms with van der Waals surface area (Å²) in [5.41, 5.74) is -0.788. The molecule has 3 N–H and O–H groups in total. The lowest BCUT2D eigenvalue weighted by atomic mass is 9.89. The van der Waals surface area contributed by atoms with Gasteiger partial charge in [-0.05, 0) is 52.6 Å². The molecule has 0 aliphatic heterocycles. The number of hydrogen-bond donors (Lipinski definition) is 3. The van der Waals surface area contributed by atoms with E-state index >= 15 is 0 Å². The van der Waals surface area contributed by atoms with Gasteiger partial charge < -0.3 is 25.2 Å². The lowest BCUT2D eigenvalue weighted by Gasteiger charge is -2.28. The SMILES string of the molecule is CC1CCC(OCC(O)CNCC(C)(O)CN(C)C)CC1. The lowest BCUT2D eigenvalue weighted by molar-refractivity contribution is -0.0302. The van der Waals surface area contributed by atoms with Crippen LogP contribution in [0.15, 0.2) is 0 Å². The van der Waals surface area contributed by atoms with Gasteiger partial charge >= 0.3 is 0 Å². The van der Waals surface area contributed by atoms with Crippen molar-refractivity contribution in [2.75, 3.05) is 40.3 Å². The molecule has 1 aliphatic rings. The summed E-state index contributed by atoms with van der Waals surface area (Å²) >= 11 is 0. The third-order valence-electron chi connectivity index (χ3n) is 4.03. The van der Waals surface area contributed by atoms with E-state index in [1.165, 1.54) is 12.8 Å². The van der Waals surface area contributed by atoms with Crippen LogP contribution in [0.1, 0.15) is 39.5 Å². The van der Waals surface area contributed by atoms with Crippen molar-refractivity contribution >= 4 is 0 Å². The Morgan fingerprint density at radius 1 is 1.29 bits per heavy atom. The molecule has 2 unspecified atom stereocenters. The topological polar surface area (TPSA) is 65.0 Å². The molecule has 1 rings (SSSR count). The van der Waals surface area contributed by atoms with Crippen molar-refractivity contribution in [3.8, 4) is 0 Å². The van der Waals surface area contributed by atoms with Gasteiger partial charge in [0, 0.05) is 19.6 Å². The number of rotatable bonds is 9. The number of likely N-dealkylation sites (N-methyl/N-ethyl adjacent to an activating group) is 1. The van der Waals surface area contributed by atoms with E-state index in [-0.39, 0.29) is 0 Å². The smallest absolute Gasteiger partial charge is 0.0897 e. The van der Waals surface area contributed by atoms with E-state index in [0.717, 1.165) is 18.8 Å². The van der Waals surface area contributed by atoms with Crippen molar-refractivity contribution in [2.45, 2.75) is 57.3 Å². The Morgan fingerprint density at radius 3 is 2.48 bits per heavy atom. The Kier molecular flexibility index (Phi) is 8.13. The summed E-state index contributed by atoms with van der Waals surface area (Å²) < 4.78 is 5.78. The first-order valence-electron chi connectivity index (χ1n) is 8.16. The van der Waals surface area contributed by atoms with Gasteiger partial charge in [-0.1, -0.05) is 6.92 Å². The fraction of sp³-hybridized carbons (Fsp3) is 1.00. The van der Waals surface area contributed by atoms with Gasteiger partial charge in [-0.2, -0.15) is 0 Å². The molecule has 0 aromatic heterocycles. The van der Waals surface area contributed by atoms with Crippen molar-refractivity contribution in [1.29, 1.82) is 0 Å². The molecule has 0 spiro atoms. The Hall–Kier alpha value is -0.200. The van der Waals surface area contributed by atoms with E-state index in [1.807, 2.05) is 19.0 Å². The van der Waals surface area contributed by atoms with Crippen LogP contribution in [0, 0.1) is 5.92 Å². The largest absolute Gasteiger partial charge is 0.389 e. The predicted molar refractivity (Wildman–Crippen MR) is 85.4 cm³/mol. The number of aliphatic hydroxyl groups is 2. The molecular weight excluding hydrogens is 268 g/mol. The Labute approximate surface area is 129 Å². The highest BCUT2D eigenvalue weighted by Crippen LogP contribution is 2.25. The third-order valence-corrected chi connectivity index (χ3v) is 4.03. The monoisotopic (exact) mass is 302 g/mol. The highest BCUT2D eigenvalue weighted by molar-refractivity contribution is 4.79. The number of nitrogens with one attached hydrogen (secondary N) is 1. The fourth-order valence-electron chi connectivity index (χ4n) is 2.95. The highest BCUT2D eigenvalue weighted by atomic mass is 16.5. The summed E-state index contributed by atoms with van der Waals surface area (Å²) in [6.07, 6.45) is 4.48. The van der Waals surface area contributed by atoms with E-state index < -0.39 is 11.7 Å². The molecule has 0 radical (unpaired) electrons. The molecular formula is C16H34N2O3. The molecule has 0 aromatic carbocycles. The van der Waals surface area contributed by atoms with E-state index in [2.05, 4.69) is 12.2 Å². The standard InChI is InChI=1S/C16H34N2O3/c1-13-5-7-15(8-6-13)21-10-14(19)9-17-11-16(2,20)12-18(3)4/h13-15,17,19-20H,5-12H2,1-4H3. The van der Waals surface area contributed by atoms with Gasteiger partial charge in [-0.25, -0.2) is 0 Å². The second-order valence-electron chi connectivity index (χ2n) is 7.23.